The third-order valence-electron chi connectivity index (χ3n) is 9.92. The zero-order valence-electron chi connectivity index (χ0n) is 24.7. The van der Waals surface area contributed by atoms with Gasteiger partial charge in [-0.2, -0.15) is 0 Å². The maximum absolute atomic E-state index is 12.4. The van der Waals surface area contributed by atoms with E-state index in [-0.39, 0.29) is 11.8 Å². The number of nitrogens with zero attached hydrogens (tertiary/aromatic N) is 5. The summed E-state index contributed by atoms with van der Waals surface area (Å²) >= 11 is 0. The van der Waals surface area contributed by atoms with Gasteiger partial charge in [0.2, 0.25) is 0 Å². The molecule has 1 aliphatic carbocycles. The second kappa shape index (κ2) is 9.70. The van der Waals surface area contributed by atoms with Crippen LogP contribution in [0.15, 0.2) is 30.3 Å². The Morgan fingerprint density at radius 1 is 1.07 bits per heavy atom. The maximum atomic E-state index is 12.4. The third kappa shape index (κ3) is 4.77. The van der Waals surface area contributed by atoms with Gasteiger partial charge >= 0.3 is 6.09 Å². The van der Waals surface area contributed by atoms with E-state index in [0.29, 0.717) is 34.8 Å². The Morgan fingerprint density at radius 3 is 2.51 bits per heavy atom. The molecule has 2 saturated heterocycles. The smallest absolute Gasteiger partial charge is 0.410 e. The highest BCUT2D eigenvalue weighted by molar-refractivity contribution is 5.86. The Bertz CT molecular complexity index is 1460. The quantitative estimate of drug-likeness (QED) is 0.461. The number of phenols is 1. The van der Waals surface area contributed by atoms with E-state index in [2.05, 4.69) is 38.0 Å². The molecule has 4 aliphatic rings. The number of hydrogen-bond acceptors (Lipinski definition) is 7. The van der Waals surface area contributed by atoms with Gasteiger partial charge in [0.25, 0.3) is 0 Å². The van der Waals surface area contributed by atoms with Crippen molar-refractivity contribution in [3.63, 3.8) is 0 Å². The highest BCUT2D eigenvalue weighted by Gasteiger charge is 2.56. The number of aromatic nitrogens is 3. The summed E-state index contributed by atoms with van der Waals surface area (Å²) in [6, 6.07) is 10.9. The number of piperidine rings is 1. The third-order valence-corrected chi connectivity index (χ3v) is 9.92. The molecule has 218 valence electrons. The van der Waals surface area contributed by atoms with E-state index >= 15 is 0 Å². The molecule has 1 amide bonds. The second-order valence-electron chi connectivity index (χ2n) is 13.9. The molecule has 2 N–H and O–H groups in total. The first kappa shape index (κ1) is 26.7. The highest BCUT2D eigenvalue weighted by Crippen LogP contribution is 2.51. The fraction of sp³-hybridized carbons (Fsp3) is 0.594. The molecule has 3 aliphatic heterocycles. The number of aromatic amines is 1. The van der Waals surface area contributed by atoms with Crippen molar-refractivity contribution in [1.82, 2.24) is 29.9 Å². The van der Waals surface area contributed by atoms with Crippen LogP contribution in [-0.4, -0.2) is 91.5 Å². The molecule has 5 heterocycles. The van der Waals surface area contributed by atoms with Gasteiger partial charge in [-0.05, 0) is 90.2 Å². The van der Waals surface area contributed by atoms with Crippen LogP contribution in [0, 0.1) is 5.41 Å². The summed E-state index contributed by atoms with van der Waals surface area (Å²) < 4.78 is 5.55. The lowest BCUT2D eigenvalue weighted by molar-refractivity contribution is -0.113. The number of aromatic hydroxyl groups is 1. The summed E-state index contributed by atoms with van der Waals surface area (Å²) in [5.41, 5.74) is 4.74. The molecule has 41 heavy (non-hydrogen) atoms. The molecule has 2 aromatic heterocycles. The second-order valence-corrected chi connectivity index (χ2v) is 13.9. The molecule has 0 radical (unpaired) electrons. The van der Waals surface area contributed by atoms with Crippen molar-refractivity contribution in [3.05, 3.63) is 41.6 Å². The van der Waals surface area contributed by atoms with Crippen LogP contribution in [0.3, 0.4) is 0 Å². The number of carbonyl (C=O) groups excluding carboxylic acids is 1. The minimum absolute atomic E-state index is 0.164. The number of fused-ring (bicyclic) bond motifs is 3. The molecule has 9 nitrogen and oxygen atoms in total. The van der Waals surface area contributed by atoms with Gasteiger partial charge in [-0.3, -0.25) is 4.90 Å². The number of H-pyrrole nitrogens is 1. The van der Waals surface area contributed by atoms with Gasteiger partial charge in [0.15, 0.2) is 5.65 Å². The van der Waals surface area contributed by atoms with Gasteiger partial charge in [-0.1, -0.05) is 12.1 Å². The Kier molecular flexibility index (Phi) is 6.32. The van der Waals surface area contributed by atoms with Crippen molar-refractivity contribution in [3.8, 4) is 17.0 Å². The van der Waals surface area contributed by atoms with E-state index in [1.807, 2.05) is 43.9 Å². The van der Waals surface area contributed by atoms with E-state index in [0.717, 1.165) is 50.2 Å². The molecule has 9 heteroatoms. The van der Waals surface area contributed by atoms with E-state index in [4.69, 9.17) is 4.74 Å². The summed E-state index contributed by atoms with van der Waals surface area (Å²) in [7, 11) is 0. The zero-order valence-corrected chi connectivity index (χ0v) is 24.7. The number of para-hydroxylation sites is 1. The minimum atomic E-state index is -0.433. The molecule has 3 aromatic rings. The minimum Gasteiger partial charge on any atom is -0.507 e. The average molecular weight is 559 g/mol. The average Bonchev–Trinajstić information content (AvgIpc) is 3.26. The van der Waals surface area contributed by atoms with Crippen LogP contribution in [0.25, 0.3) is 22.3 Å². The molecule has 0 unspecified atom stereocenters. The summed E-state index contributed by atoms with van der Waals surface area (Å²) in [4.78, 5) is 23.2. The van der Waals surface area contributed by atoms with Crippen molar-refractivity contribution < 1.29 is 14.6 Å². The van der Waals surface area contributed by atoms with Crippen LogP contribution in [0.1, 0.15) is 70.7 Å². The largest absolute Gasteiger partial charge is 0.507 e. The van der Waals surface area contributed by atoms with Crippen LogP contribution in [0.4, 0.5) is 4.79 Å². The SMILES string of the molecule is C[C@@H]1c2c([nH]c3nnc(-c4ccccc4O)cc23)CCN1C1CCN(C2CC3(C2)CN(C(=O)OC(C)(C)C)C3)CC1. The molecule has 1 spiro atoms. The van der Waals surface area contributed by atoms with E-state index in [1.54, 1.807) is 6.07 Å². The molecular formula is C32H42N6O3. The first-order chi connectivity index (χ1) is 19.6. The Labute approximate surface area is 241 Å². The molecule has 1 saturated carbocycles. The van der Waals surface area contributed by atoms with Gasteiger partial charge in [0, 0.05) is 66.2 Å². The topological polar surface area (TPSA) is 97.8 Å². The molecule has 3 fully saturated rings. The number of hydrogen-bond donors (Lipinski definition) is 2. The normalized spacial score (nSPS) is 23.8. The number of rotatable bonds is 3. The lowest BCUT2D eigenvalue weighted by Gasteiger charge is -2.61. The molecular weight excluding hydrogens is 516 g/mol. The number of benzene rings is 1. The monoisotopic (exact) mass is 558 g/mol. The predicted octanol–water partition coefficient (Wildman–Crippen LogP) is 5.11. The first-order valence-electron chi connectivity index (χ1n) is 15.2. The Balaban J connectivity index is 0.970. The fourth-order valence-electron chi connectivity index (χ4n) is 7.92. The Morgan fingerprint density at radius 2 is 1.80 bits per heavy atom. The Hall–Kier alpha value is -3.17. The molecule has 7 rings (SSSR count). The van der Waals surface area contributed by atoms with Crippen LogP contribution in [-0.2, 0) is 11.2 Å². The van der Waals surface area contributed by atoms with Gasteiger partial charge in [0.05, 0.1) is 5.69 Å². The predicted molar refractivity (Wildman–Crippen MR) is 158 cm³/mol. The lowest BCUT2D eigenvalue weighted by atomic mass is 9.60. The van der Waals surface area contributed by atoms with Crippen LogP contribution in [0.2, 0.25) is 0 Å². The highest BCUT2D eigenvalue weighted by atomic mass is 16.6. The van der Waals surface area contributed by atoms with Crippen LogP contribution in [0.5, 0.6) is 5.75 Å². The maximum Gasteiger partial charge on any atom is 0.410 e. The van der Waals surface area contributed by atoms with Crippen molar-refractivity contribution in [1.29, 1.82) is 0 Å². The van der Waals surface area contributed by atoms with Crippen molar-refractivity contribution in [2.24, 2.45) is 5.41 Å². The number of carbonyl (C=O) groups is 1. The summed E-state index contributed by atoms with van der Waals surface area (Å²) in [5.74, 6) is 0.224. The molecule has 0 bridgehead atoms. The number of nitrogens with one attached hydrogen (secondary N) is 1. The summed E-state index contributed by atoms with van der Waals surface area (Å²) in [6.45, 7) is 13.2. The van der Waals surface area contributed by atoms with E-state index < -0.39 is 5.60 Å². The van der Waals surface area contributed by atoms with Crippen molar-refractivity contribution in [2.45, 2.75) is 83.5 Å². The number of ether oxygens (including phenoxy) is 1. The van der Waals surface area contributed by atoms with Gasteiger partial charge < -0.3 is 24.6 Å². The summed E-state index contributed by atoms with van der Waals surface area (Å²) in [5, 5.41) is 20.4. The first-order valence-corrected chi connectivity index (χ1v) is 15.2. The standard InChI is InChI=1S/C32H42N6O3/c1-20-28-24-15-26(23-7-5-6-8-27(23)39)34-35-29(24)33-25(28)11-14-38(20)21-9-12-36(13-10-21)22-16-32(17-22)18-37(19-32)30(40)41-31(2,3)4/h5-8,15,20-22,39H,9-14,16-19H2,1-4H3,(H,33,35)/t20-/m1/s1. The zero-order chi connectivity index (χ0) is 28.5. The number of likely N-dealkylation sites (tertiary alicyclic amines) is 2. The van der Waals surface area contributed by atoms with E-state index in [9.17, 15) is 9.90 Å². The van der Waals surface area contributed by atoms with Gasteiger partial charge in [-0.25, -0.2) is 4.79 Å². The van der Waals surface area contributed by atoms with Crippen LogP contribution >= 0.6 is 0 Å². The molecule has 1 aromatic carbocycles. The van der Waals surface area contributed by atoms with Crippen LogP contribution < -0.4 is 0 Å². The number of amides is 1. The molecule has 1 atom stereocenters. The van der Waals surface area contributed by atoms with E-state index in [1.165, 1.54) is 36.9 Å². The fourth-order valence-corrected chi connectivity index (χ4v) is 7.92. The van der Waals surface area contributed by atoms with Gasteiger partial charge in [0.1, 0.15) is 11.4 Å². The van der Waals surface area contributed by atoms with Crippen molar-refractivity contribution in [2.75, 3.05) is 32.7 Å². The number of phenolic OH excluding ortho intramolecular Hbond substituents is 1. The van der Waals surface area contributed by atoms with Crippen molar-refractivity contribution >= 4 is 17.1 Å². The van der Waals surface area contributed by atoms with Gasteiger partial charge in [-0.15, -0.1) is 10.2 Å². The summed E-state index contributed by atoms with van der Waals surface area (Å²) in [6.07, 6.45) is 5.62. The lowest BCUT2D eigenvalue weighted by Crippen LogP contribution is -2.68.